The molecule has 0 fully saturated rings. The van der Waals surface area contributed by atoms with Crippen molar-refractivity contribution in [3.63, 3.8) is 0 Å². The molecule has 2 heterocycles. The Morgan fingerprint density at radius 1 is 0.966 bits per heavy atom. The summed E-state index contributed by atoms with van der Waals surface area (Å²) in [5.74, 6) is -0.398. The zero-order valence-electron chi connectivity index (χ0n) is 16.5. The van der Waals surface area contributed by atoms with Crippen LogP contribution in [0.4, 0.5) is 0 Å². The van der Waals surface area contributed by atoms with Crippen LogP contribution in [0.25, 0.3) is 22.3 Å². The fraction of sp³-hybridized carbons (Fsp3) is 0.261. The quantitative estimate of drug-likeness (QED) is 0.446. The topological polar surface area (TPSA) is 73.9 Å². The Labute approximate surface area is 178 Å². The second-order valence-corrected chi connectivity index (χ2v) is 8.35. The third kappa shape index (κ3) is 3.82. The fourth-order valence-corrected chi connectivity index (χ4v) is 5.33. The standard InChI is InChI=1S/C23H20N2O2S2/c1-4-19-16(11-24)18(13-28-19)14-7-9-15(10-8-14)21-17(12-25)20(5-2)29-22(21)23(26)27-6-3/h7-10,13H,4-6H2,1-3H3. The zero-order chi connectivity index (χ0) is 21.0. The number of ether oxygens (including phenoxy) is 1. The van der Waals surface area contributed by atoms with Crippen molar-refractivity contribution in [2.75, 3.05) is 6.61 Å². The highest BCUT2D eigenvalue weighted by atomic mass is 32.1. The molecule has 6 heteroatoms. The van der Waals surface area contributed by atoms with Gasteiger partial charge in [0, 0.05) is 26.3 Å². The van der Waals surface area contributed by atoms with E-state index < -0.39 is 5.97 Å². The second kappa shape index (κ2) is 9.05. The summed E-state index contributed by atoms with van der Waals surface area (Å²) in [6, 6.07) is 12.3. The molecule has 0 amide bonds. The van der Waals surface area contributed by atoms with Crippen molar-refractivity contribution in [2.45, 2.75) is 33.6 Å². The van der Waals surface area contributed by atoms with E-state index in [4.69, 9.17) is 4.74 Å². The SMILES string of the molecule is CCOC(=O)c1sc(CC)c(C#N)c1-c1ccc(-c2csc(CC)c2C#N)cc1. The summed E-state index contributed by atoms with van der Waals surface area (Å²) in [7, 11) is 0. The Balaban J connectivity index is 2.10. The van der Waals surface area contributed by atoms with Gasteiger partial charge in [-0.1, -0.05) is 38.1 Å². The van der Waals surface area contributed by atoms with Crippen LogP contribution in [-0.2, 0) is 17.6 Å². The van der Waals surface area contributed by atoms with Crippen molar-refractivity contribution < 1.29 is 9.53 Å². The van der Waals surface area contributed by atoms with Gasteiger partial charge in [-0.2, -0.15) is 10.5 Å². The van der Waals surface area contributed by atoms with Gasteiger partial charge in [-0.05, 0) is 30.9 Å². The Hall–Kier alpha value is -2.93. The van der Waals surface area contributed by atoms with Gasteiger partial charge in [-0.15, -0.1) is 22.7 Å². The minimum absolute atomic E-state index is 0.285. The van der Waals surface area contributed by atoms with Gasteiger partial charge in [0.15, 0.2) is 0 Å². The van der Waals surface area contributed by atoms with Crippen molar-refractivity contribution in [2.24, 2.45) is 0 Å². The Bertz CT molecular complexity index is 1130. The van der Waals surface area contributed by atoms with E-state index in [0.29, 0.717) is 22.4 Å². The Kier molecular flexibility index (Phi) is 6.49. The van der Waals surface area contributed by atoms with Crippen molar-refractivity contribution in [3.8, 4) is 34.4 Å². The van der Waals surface area contributed by atoms with E-state index >= 15 is 0 Å². The summed E-state index contributed by atoms with van der Waals surface area (Å²) in [6.07, 6.45) is 1.51. The first-order chi connectivity index (χ1) is 14.1. The third-order valence-electron chi connectivity index (χ3n) is 4.66. The minimum atomic E-state index is -0.398. The maximum atomic E-state index is 12.5. The van der Waals surface area contributed by atoms with E-state index in [2.05, 4.69) is 12.1 Å². The summed E-state index contributed by atoms with van der Waals surface area (Å²) in [5, 5.41) is 21.3. The number of nitriles is 2. The molecule has 0 aliphatic heterocycles. The first kappa shape index (κ1) is 20.8. The van der Waals surface area contributed by atoms with Crippen LogP contribution in [-0.4, -0.2) is 12.6 Å². The van der Waals surface area contributed by atoms with Crippen molar-refractivity contribution >= 4 is 28.6 Å². The summed E-state index contributed by atoms with van der Waals surface area (Å²) in [4.78, 5) is 14.9. The molecule has 0 spiro atoms. The molecule has 0 N–H and O–H groups in total. The van der Waals surface area contributed by atoms with Gasteiger partial charge in [0.2, 0.25) is 0 Å². The number of benzene rings is 1. The third-order valence-corrected chi connectivity index (χ3v) is 7.10. The number of rotatable bonds is 6. The molecule has 0 radical (unpaired) electrons. The summed E-state index contributed by atoms with van der Waals surface area (Å²) >= 11 is 2.92. The molecule has 146 valence electrons. The molecule has 1 aromatic carbocycles. The zero-order valence-corrected chi connectivity index (χ0v) is 18.2. The van der Waals surface area contributed by atoms with Crippen LogP contribution >= 0.6 is 22.7 Å². The second-order valence-electron chi connectivity index (χ2n) is 6.28. The average Bonchev–Trinajstić information content (AvgIpc) is 3.34. The number of aryl methyl sites for hydroxylation is 2. The van der Waals surface area contributed by atoms with Gasteiger partial charge in [0.1, 0.15) is 17.0 Å². The Morgan fingerprint density at radius 2 is 1.59 bits per heavy atom. The summed E-state index contributed by atoms with van der Waals surface area (Å²) in [5.41, 5.74) is 4.57. The summed E-state index contributed by atoms with van der Waals surface area (Å²) < 4.78 is 5.21. The van der Waals surface area contributed by atoms with Gasteiger partial charge < -0.3 is 4.74 Å². The molecule has 3 rings (SSSR count). The molecule has 0 atom stereocenters. The van der Waals surface area contributed by atoms with Crippen molar-refractivity contribution in [1.82, 2.24) is 0 Å². The molecule has 0 aliphatic rings. The molecule has 0 aliphatic carbocycles. The normalized spacial score (nSPS) is 10.4. The van der Waals surface area contributed by atoms with E-state index in [1.165, 1.54) is 11.3 Å². The van der Waals surface area contributed by atoms with Crippen LogP contribution in [0.5, 0.6) is 0 Å². The number of thiophene rings is 2. The van der Waals surface area contributed by atoms with Crippen LogP contribution in [0.2, 0.25) is 0 Å². The highest BCUT2D eigenvalue weighted by molar-refractivity contribution is 7.14. The molecule has 4 nitrogen and oxygen atoms in total. The molecule has 29 heavy (non-hydrogen) atoms. The van der Waals surface area contributed by atoms with Gasteiger partial charge >= 0.3 is 5.97 Å². The van der Waals surface area contributed by atoms with Gasteiger partial charge in [0.25, 0.3) is 0 Å². The average molecular weight is 421 g/mol. The number of carbonyl (C=O) groups excluding carboxylic acids is 1. The lowest BCUT2D eigenvalue weighted by atomic mass is 9.96. The molecular weight excluding hydrogens is 400 g/mol. The maximum Gasteiger partial charge on any atom is 0.348 e. The molecule has 0 saturated carbocycles. The van der Waals surface area contributed by atoms with E-state index in [9.17, 15) is 15.3 Å². The molecular formula is C23H20N2O2S2. The first-order valence-corrected chi connectivity index (χ1v) is 11.1. The van der Waals surface area contributed by atoms with E-state index in [1.807, 2.05) is 43.5 Å². The van der Waals surface area contributed by atoms with E-state index in [1.54, 1.807) is 18.3 Å². The number of nitrogens with zero attached hydrogens (tertiary/aromatic N) is 2. The lowest BCUT2D eigenvalue weighted by Gasteiger charge is -2.07. The molecule has 0 unspecified atom stereocenters. The monoisotopic (exact) mass is 420 g/mol. The Morgan fingerprint density at radius 3 is 2.14 bits per heavy atom. The number of hydrogen-bond acceptors (Lipinski definition) is 6. The smallest absolute Gasteiger partial charge is 0.348 e. The molecule has 3 aromatic rings. The number of carbonyl (C=O) groups is 1. The predicted molar refractivity (Wildman–Crippen MR) is 117 cm³/mol. The molecule has 0 bridgehead atoms. The molecule has 2 aromatic heterocycles. The van der Waals surface area contributed by atoms with Crippen LogP contribution < -0.4 is 0 Å². The lowest BCUT2D eigenvalue weighted by molar-refractivity contribution is 0.0533. The van der Waals surface area contributed by atoms with Crippen molar-refractivity contribution in [3.05, 3.63) is 55.4 Å². The number of hydrogen-bond donors (Lipinski definition) is 0. The van der Waals surface area contributed by atoms with Crippen LogP contribution in [0, 0.1) is 22.7 Å². The molecule has 0 saturated heterocycles. The predicted octanol–water partition coefficient (Wildman–Crippen LogP) is 6.19. The van der Waals surface area contributed by atoms with Crippen LogP contribution in [0.1, 0.15) is 51.3 Å². The number of esters is 1. The van der Waals surface area contributed by atoms with E-state index in [0.717, 1.165) is 38.4 Å². The lowest BCUT2D eigenvalue weighted by Crippen LogP contribution is -2.04. The largest absolute Gasteiger partial charge is 0.462 e. The fourth-order valence-electron chi connectivity index (χ4n) is 3.27. The maximum absolute atomic E-state index is 12.5. The van der Waals surface area contributed by atoms with Crippen LogP contribution in [0.15, 0.2) is 29.6 Å². The van der Waals surface area contributed by atoms with Crippen LogP contribution in [0.3, 0.4) is 0 Å². The van der Waals surface area contributed by atoms with Crippen molar-refractivity contribution in [1.29, 1.82) is 10.5 Å². The highest BCUT2D eigenvalue weighted by Crippen LogP contribution is 2.39. The minimum Gasteiger partial charge on any atom is -0.462 e. The van der Waals surface area contributed by atoms with Gasteiger partial charge in [0.05, 0.1) is 17.7 Å². The summed E-state index contributed by atoms with van der Waals surface area (Å²) in [6.45, 7) is 6.07. The highest BCUT2D eigenvalue weighted by Gasteiger charge is 2.24. The van der Waals surface area contributed by atoms with Gasteiger partial charge in [-0.25, -0.2) is 4.79 Å². The van der Waals surface area contributed by atoms with Gasteiger partial charge in [-0.3, -0.25) is 0 Å². The van der Waals surface area contributed by atoms with E-state index in [-0.39, 0.29) is 6.61 Å². The first-order valence-electron chi connectivity index (χ1n) is 9.43.